The highest BCUT2D eigenvalue weighted by Gasteiger charge is 2.14. The number of anilines is 1. The van der Waals surface area contributed by atoms with E-state index in [2.05, 4.69) is 20.4 Å². The predicted molar refractivity (Wildman–Crippen MR) is 105 cm³/mol. The molecule has 0 radical (unpaired) electrons. The van der Waals surface area contributed by atoms with Gasteiger partial charge in [0.25, 0.3) is 0 Å². The first-order valence-electron chi connectivity index (χ1n) is 9.10. The smallest absolute Gasteiger partial charge is 0.241 e. The van der Waals surface area contributed by atoms with Crippen LogP contribution in [0.5, 0.6) is 0 Å². The van der Waals surface area contributed by atoms with Gasteiger partial charge in [0.15, 0.2) is 5.65 Å². The number of ether oxygens (including phenoxy) is 1. The van der Waals surface area contributed by atoms with Crippen molar-refractivity contribution in [1.29, 1.82) is 0 Å². The Morgan fingerprint density at radius 3 is 2.89 bits per heavy atom. The molecule has 1 atom stereocenters. The lowest BCUT2D eigenvalue weighted by Crippen LogP contribution is -2.22. The van der Waals surface area contributed by atoms with Gasteiger partial charge in [-0.2, -0.15) is 0 Å². The number of pyridine rings is 1. The molecule has 0 saturated carbocycles. The molecule has 0 aliphatic carbocycles. The van der Waals surface area contributed by atoms with Crippen molar-refractivity contribution < 1.29 is 9.13 Å². The summed E-state index contributed by atoms with van der Waals surface area (Å²) < 4.78 is 21.6. The summed E-state index contributed by atoms with van der Waals surface area (Å²) in [5.41, 5.74) is 3.95. The first-order valence-corrected chi connectivity index (χ1v) is 9.10. The molecule has 4 aromatic heterocycles. The standard InChI is InChI=1S/C19H22FN7O/c1-12(11-28-3)22-19-21-10-17-14(6-8-27(17)25-19)15-4-5-16-18(24-15)26(9-7-20)13(2)23-16/h4-6,8,10,12H,7,9,11H2,1-3H3,(H,22,25)/t12-/m1/s1. The quantitative estimate of drug-likeness (QED) is 0.528. The maximum absolute atomic E-state index is 12.9. The van der Waals surface area contributed by atoms with Crippen LogP contribution in [0, 0.1) is 6.92 Å². The summed E-state index contributed by atoms with van der Waals surface area (Å²) in [6.07, 6.45) is 3.63. The van der Waals surface area contributed by atoms with Gasteiger partial charge in [0, 0.05) is 24.9 Å². The summed E-state index contributed by atoms with van der Waals surface area (Å²) in [5, 5.41) is 7.70. The maximum Gasteiger partial charge on any atom is 0.241 e. The summed E-state index contributed by atoms with van der Waals surface area (Å²) in [4.78, 5) is 13.6. The van der Waals surface area contributed by atoms with Crippen LogP contribution >= 0.6 is 0 Å². The fraction of sp³-hybridized carbons (Fsp3) is 0.368. The molecule has 4 rings (SSSR count). The van der Waals surface area contributed by atoms with Crippen molar-refractivity contribution in [1.82, 2.24) is 29.1 Å². The second-order valence-electron chi connectivity index (χ2n) is 6.68. The molecule has 146 valence electrons. The Kier molecular flexibility index (Phi) is 4.91. The second-order valence-corrected chi connectivity index (χ2v) is 6.68. The van der Waals surface area contributed by atoms with E-state index in [1.165, 1.54) is 0 Å². The fourth-order valence-electron chi connectivity index (χ4n) is 3.31. The number of nitrogens with zero attached hydrogens (tertiary/aromatic N) is 6. The molecule has 0 saturated heterocycles. The Morgan fingerprint density at radius 1 is 1.25 bits per heavy atom. The van der Waals surface area contributed by atoms with Gasteiger partial charge in [0.1, 0.15) is 18.0 Å². The van der Waals surface area contributed by atoms with E-state index in [9.17, 15) is 4.39 Å². The molecule has 9 heteroatoms. The third kappa shape index (κ3) is 3.29. The summed E-state index contributed by atoms with van der Waals surface area (Å²) in [7, 11) is 1.66. The first kappa shape index (κ1) is 18.3. The Balaban J connectivity index is 1.72. The zero-order valence-corrected chi connectivity index (χ0v) is 16.1. The van der Waals surface area contributed by atoms with Gasteiger partial charge in [-0.15, -0.1) is 5.10 Å². The van der Waals surface area contributed by atoms with E-state index in [-0.39, 0.29) is 12.6 Å². The van der Waals surface area contributed by atoms with Crippen LogP contribution in [0.1, 0.15) is 12.7 Å². The van der Waals surface area contributed by atoms with Crippen molar-refractivity contribution in [2.75, 3.05) is 25.7 Å². The van der Waals surface area contributed by atoms with Gasteiger partial charge in [-0.3, -0.25) is 0 Å². The molecule has 4 heterocycles. The predicted octanol–water partition coefficient (Wildman–Crippen LogP) is 2.87. The van der Waals surface area contributed by atoms with Crippen LogP contribution in [0.4, 0.5) is 10.3 Å². The van der Waals surface area contributed by atoms with Crippen molar-refractivity contribution >= 4 is 22.6 Å². The fourth-order valence-corrected chi connectivity index (χ4v) is 3.31. The third-order valence-corrected chi connectivity index (χ3v) is 4.58. The molecule has 4 aromatic rings. The molecule has 0 aromatic carbocycles. The Labute approximate surface area is 161 Å². The van der Waals surface area contributed by atoms with Gasteiger partial charge in [-0.25, -0.2) is 23.9 Å². The zero-order chi connectivity index (χ0) is 19.7. The average molecular weight is 383 g/mol. The van der Waals surface area contributed by atoms with Crippen molar-refractivity contribution in [3.8, 4) is 11.3 Å². The number of rotatable bonds is 7. The molecular weight excluding hydrogens is 361 g/mol. The van der Waals surface area contributed by atoms with Gasteiger partial charge in [0.05, 0.1) is 30.6 Å². The number of hydrogen-bond acceptors (Lipinski definition) is 6. The Morgan fingerprint density at radius 2 is 2.11 bits per heavy atom. The number of halogens is 1. The summed E-state index contributed by atoms with van der Waals surface area (Å²) >= 11 is 0. The second kappa shape index (κ2) is 7.51. The minimum absolute atomic E-state index is 0.0978. The lowest BCUT2D eigenvalue weighted by atomic mass is 10.2. The van der Waals surface area contributed by atoms with E-state index in [1.54, 1.807) is 22.4 Å². The first-order chi connectivity index (χ1) is 13.6. The lowest BCUT2D eigenvalue weighted by molar-refractivity contribution is 0.190. The van der Waals surface area contributed by atoms with Crippen LogP contribution in [-0.4, -0.2) is 55.6 Å². The molecule has 28 heavy (non-hydrogen) atoms. The SMILES string of the molecule is COC[C@@H](C)Nc1ncc2c(-c3ccc4nc(C)n(CCF)c4n3)ccn2n1. The average Bonchev–Trinajstić information content (AvgIpc) is 3.22. The van der Waals surface area contributed by atoms with Crippen LogP contribution in [0.3, 0.4) is 0 Å². The summed E-state index contributed by atoms with van der Waals surface area (Å²) in [6.45, 7) is 4.21. The van der Waals surface area contributed by atoms with Crippen LogP contribution in [-0.2, 0) is 11.3 Å². The monoisotopic (exact) mass is 383 g/mol. The minimum atomic E-state index is -0.460. The van der Waals surface area contributed by atoms with Crippen molar-refractivity contribution in [2.24, 2.45) is 0 Å². The summed E-state index contributed by atoms with van der Waals surface area (Å²) in [6, 6.07) is 5.87. The van der Waals surface area contributed by atoms with Crippen molar-refractivity contribution in [2.45, 2.75) is 26.4 Å². The number of nitrogens with one attached hydrogen (secondary N) is 1. The molecule has 0 amide bonds. The molecule has 0 bridgehead atoms. The molecule has 0 aliphatic rings. The van der Waals surface area contributed by atoms with E-state index in [0.29, 0.717) is 18.2 Å². The van der Waals surface area contributed by atoms with Gasteiger partial charge in [0.2, 0.25) is 5.95 Å². The number of fused-ring (bicyclic) bond motifs is 2. The molecule has 8 nitrogen and oxygen atoms in total. The molecule has 0 fully saturated rings. The van der Waals surface area contributed by atoms with E-state index < -0.39 is 6.67 Å². The zero-order valence-electron chi connectivity index (χ0n) is 16.1. The van der Waals surface area contributed by atoms with E-state index in [4.69, 9.17) is 9.72 Å². The summed E-state index contributed by atoms with van der Waals surface area (Å²) in [5.74, 6) is 1.28. The molecular formula is C19H22FN7O. The number of aryl methyl sites for hydroxylation is 2. The number of methoxy groups -OCH3 is 1. The van der Waals surface area contributed by atoms with Crippen molar-refractivity contribution in [3.63, 3.8) is 0 Å². The third-order valence-electron chi connectivity index (χ3n) is 4.58. The Hall–Kier alpha value is -3.07. The molecule has 0 aliphatic heterocycles. The number of hydrogen-bond donors (Lipinski definition) is 1. The van der Waals surface area contributed by atoms with Crippen LogP contribution < -0.4 is 5.32 Å². The number of aromatic nitrogens is 6. The van der Waals surface area contributed by atoms with Gasteiger partial charge in [-0.1, -0.05) is 0 Å². The van der Waals surface area contributed by atoms with E-state index in [1.807, 2.05) is 38.2 Å². The molecule has 0 unspecified atom stereocenters. The van der Waals surface area contributed by atoms with Crippen LogP contribution in [0.2, 0.25) is 0 Å². The largest absolute Gasteiger partial charge is 0.383 e. The van der Waals surface area contributed by atoms with Crippen LogP contribution in [0.25, 0.3) is 27.9 Å². The highest BCUT2D eigenvalue weighted by atomic mass is 19.1. The van der Waals surface area contributed by atoms with Gasteiger partial charge < -0.3 is 14.6 Å². The topological polar surface area (TPSA) is 82.2 Å². The van der Waals surface area contributed by atoms with Gasteiger partial charge >= 0.3 is 0 Å². The highest BCUT2D eigenvalue weighted by molar-refractivity contribution is 5.82. The normalized spacial score (nSPS) is 12.7. The lowest BCUT2D eigenvalue weighted by Gasteiger charge is -2.12. The van der Waals surface area contributed by atoms with Crippen molar-refractivity contribution in [3.05, 3.63) is 36.4 Å². The van der Waals surface area contributed by atoms with Gasteiger partial charge in [-0.05, 0) is 32.0 Å². The number of alkyl halides is 1. The van der Waals surface area contributed by atoms with Crippen LogP contribution in [0.15, 0.2) is 30.6 Å². The molecule has 1 N–H and O–H groups in total. The Bertz CT molecular complexity index is 1120. The minimum Gasteiger partial charge on any atom is -0.383 e. The molecule has 0 spiro atoms. The highest BCUT2D eigenvalue weighted by Crippen LogP contribution is 2.26. The number of imidazole rings is 1. The van der Waals surface area contributed by atoms with E-state index in [0.717, 1.165) is 28.1 Å². The van der Waals surface area contributed by atoms with E-state index >= 15 is 0 Å². The maximum atomic E-state index is 12.9.